The van der Waals surface area contributed by atoms with E-state index in [1.54, 1.807) is 0 Å². The first-order valence-electron chi connectivity index (χ1n) is 6.35. The molecule has 1 aliphatic carbocycles. The number of hydrogen-bond acceptors (Lipinski definition) is 4. The molecule has 0 atom stereocenters. The predicted molar refractivity (Wildman–Crippen MR) is 73.9 cm³/mol. The third-order valence-electron chi connectivity index (χ3n) is 3.65. The molecule has 108 valence electrons. The highest BCUT2D eigenvalue weighted by molar-refractivity contribution is 6.32. The molecule has 0 unspecified atom stereocenters. The number of nitro groups is 1. The molecule has 1 fully saturated rings. The van der Waals surface area contributed by atoms with Crippen molar-refractivity contribution >= 4 is 23.2 Å². The van der Waals surface area contributed by atoms with Crippen LogP contribution in [0.2, 0.25) is 5.02 Å². The molecule has 0 saturated heterocycles. The summed E-state index contributed by atoms with van der Waals surface area (Å²) in [4.78, 5) is 22.3. The summed E-state index contributed by atoms with van der Waals surface area (Å²) in [6.07, 6.45) is 3.32. The Hall–Kier alpha value is -1.66. The van der Waals surface area contributed by atoms with Gasteiger partial charge in [0.15, 0.2) is 0 Å². The maximum absolute atomic E-state index is 12.2. The van der Waals surface area contributed by atoms with E-state index in [1.807, 2.05) is 0 Å². The number of hydrogen-bond donors (Lipinski definition) is 2. The van der Waals surface area contributed by atoms with Gasteiger partial charge in [-0.2, -0.15) is 0 Å². The normalized spacial score (nSPS) is 16.9. The molecule has 0 spiro atoms. The summed E-state index contributed by atoms with van der Waals surface area (Å²) in [6, 6.07) is 3.91. The molecule has 0 radical (unpaired) electrons. The van der Waals surface area contributed by atoms with Crippen LogP contribution in [0.4, 0.5) is 5.69 Å². The lowest BCUT2D eigenvalue weighted by Crippen LogP contribution is -2.49. The smallest absolute Gasteiger partial charge is 0.288 e. The molecular weight excluding hydrogens is 284 g/mol. The highest BCUT2D eigenvalue weighted by atomic mass is 35.5. The first-order chi connectivity index (χ1) is 9.47. The number of rotatable bonds is 4. The largest absolute Gasteiger partial charge is 0.394 e. The van der Waals surface area contributed by atoms with E-state index in [2.05, 4.69) is 5.32 Å². The van der Waals surface area contributed by atoms with E-state index < -0.39 is 16.4 Å². The van der Waals surface area contributed by atoms with E-state index >= 15 is 0 Å². The summed E-state index contributed by atoms with van der Waals surface area (Å²) in [7, 11) is 0. The van der Waals surface area contributed by atoms with Crippen LogP contribution >= 0.6 is 11.6 Å². The molecule has 1 saturated carbocycles. The SMILES string of the molecule is O=C(NC1(CO)CCCC1)c1ccc(Cl)c([N+](=O)[O-])c1. The number of aliphatic hydroxyl groups is 1. The lowest BCUT2D eigenvalue weighted by molar-refractivity contribution is -0.384. The summed E-state index contributed by atoms with van der Waals surface area (Å²) in [6.45, 7) is -0.131. The van der Waals surface area contributed by atoms with Crippen molar-refractivity contribution in [3.63, 3.8) is 0 Å². The zero-order valence-electron chi connectivity index (χ0n) is 10.8. The number of benzene rings is 1. The molecular formula is C13H15ClN2O4. The number of nitro benzene ring substituents is 1. The first-order valence-corrected chi connectivity index (χ1v) is 6.72. The third-order valence-corrected chi connectivity index (χ3v) is 3.97. The van der Waals surface area contributed by atoms with Gasteiger partial charge in [0.05, 0.1) is 17.1 Å². The van der Waals surface area contributed by atoms with Crippen LogP contribution in [0.25, 0.3) is 0 Å². The summed E-state index contributed by atoms with van der Waals surface area (Å²) in [5.41, 5.74) is -0.740. The fourth-order valence-corrected chi connectivity index (χ4v) is 2.67. The minimum Gasteiger partial charge on any atom is -0.394 e. The van der Waals surface area contributed by atoms with E-state index in [-0.39, 0.29) is 22.9 Å². The second-order valence-corrected chi connectivity index (χ2v) is 5.43. The molecule has 0 aliphatic heterocycles. The Morgan fingerprint density at radius 1 is 1.45 bits per heavy atom. The highest BCUT2D eigenvalue weighted by Crippen LogP contribution is 2.30. The number of carbonyl (C=O) groups is 1. The van der Waals surface area contributed by atoms with Gasteiger partial charge in [0, 0.05) is 11.6 Å². The van der Waals surface area contributed by atoms with Crippen molar-refractivity contribution in [3.8, 4) is 0 Å². The van der Waals surface area contributed by atoms with Gasteiger partial charge >= 0.3 is 0 Å². The van der Waals surface area contributed by atoms with Gasteiger partial charge in [-0.15, -0.1) is 0 Å². The van der Waals surface area contributed by atoms with Crippen LogP contribution in [0.5, 0.6) is 0 Å². The van der Waals surface area contributed by atoms with Gasteiger partial charge in [-0.25, -0.2) is 0 Å². The van der Waals surface area contributed by atoms with Crippen LogP contribution in [0.3, 0.4) is 0 Å². The Labute approximate surface area is 120 Å². The average Bonchev–Trinajstić information content (AvgIpc) is 2.88. The van der Waals surface area contributed by atoms with Crippen molar-refractivity contribution in [2.75, 3.05) is 6.61 Å². The Bertz CT molecular complexity index is 541. The van der Waals surface area contributed by atoms with Gasteiger partial charge in [-0.1, -0.05) is 24.4 Å². The monoisotopic (exact) mass is 298 g/mol. The Kier molecular flexibility index (Phi) is 4.25. The van der Waals surface area contributed by atoms with Crippen molar-refractivity contribution < 1.29 is 14.8 Å². The lowest BCUT2D eigenvalue weighted by atomic mass is 9.98. The van der Waals surface area contributed by atoms with Gasteiger partial charge in [-0.05, 0) is 25.0 Å². The minimum absolute atomic E-state index is 0.00992. The van der Waals surface area contributed by atoms with Crippen molar-refractivity contribution in [1.29, 1.82) is 0 Å². The van der Waals surface area contributed by atoms with Gasteiger partial charge in [0.25, 0.3) is 11.6 Å². The summed E-state index contributed by atoms with van der Waals surface area (Å²) >= 11 is 5.71. The van der Waals surface area contributed by atoms with Crippen molar-refractivity contribution in [1.82, 2.24) is 5.32 Å². The summed E-state index contributed by atoms with van der Waals surface area (Å²) < 4.78 is 0. The predicted octanol–water partition coefficient (Wildman–Crippen LogP) is 2.28. The van der Waals surface area contributed by atoms with Gasteiger partial charge in [0.1, 0.15) is 5.02 Å². The second kappa shape index (κ2) is 5.76. The molecule has 1 aromatic carbocycles. The molecule has 6 nitrogen and oxygen atoms in total. The fourth-order valence-electron chi connectivity index (χ4n) is 2.48. The van der Waals surface area contributed by atoms with Crippen LogP contribution in [-0.2, 0) is 0 Å². The molecule has 1 aliphatic rings. The van der Waals surface area contributed by atoms with Gasteiger partial charge in [-0.3, -0.25) is 14.9 Å². The molecule has 1 aromatic rings. The van der Waals surface area contributed by atoms with Crippen molar-refractivity contribution in [3.05, 3.63) is 38.9 Å². The average molecular weight is 299 g/mol. The van der Waals surface area contributed by atoms with Crippen LogP contribution in [0.1, 0.15) is 36.0 Å². The van der Waals surface area contributed by atoms with Crippen molar-refractivity contribution in [2.24, 2.45) is 0 Å². The molecule has 0 bridgehead atoms. The van der Waals surface area contributed by atoms with E-state index in [0.717, 1.165) is 18.9 Å². The van der Waals surface area contributed by atoms with E-state index in [0.29, 0.717) is 12.8 Å². The number of nitrogens with zero attached hydrogens (tertiary/aromatic N) is 1. The molecule has 2 N–H and O–H groups in total. The zero-order chi connectivity index (χ0) is 14.8. The zero-order valence-corrected chi connectivity index (χ0v) is 11.5. The molecule has 20 heavy (non-hydrogen) atoms. The van der Waals surface area contributed by atoms with Crippen LogP contribution in [-0.4, -0.2) is 28.1 Å². The lowest BCUT2D eigenvalue weighted by Gasteiger charge is -2.27. The van der Waals surface area contributed by atoms with Crippen LogP contribution < -0.4 is 5.32 Å². The molecule has 0 heterocycles. The molecule has 0 aromatic heterocycles. The van der Waals surface area contributed by atoms with E-state index in [9.17, 15) is 20.0 Å². The Morgan fingerprint density at radius 3 is 2.65 bits per heavy atom. The summed E-state index contributed by atoms with van der Waals surface area (Å²) in [5, 5.41) is 23.0. The minimum atomic E-state index is -0.628. The van der Waals surface area contributed by atoms with Gasteiger partial charge < -0.3 is 10.4 Å². The third kappa shape index (κ3) is 2.91. The molecule has 2 rings (SSSR count). The van der Waals surface area contributed by atoms with E-state index in [1.165, 1.54) is 12.1 Å². The highest BCUT2D eigenvalue weighted by Gasteiger charge is 2.35. The maximum atomic E-state index is 12.2. The number of halogens is 1. The quantitative estimate of drug-likeness (QED) is 0.659. The fraction of sp³-hybridized carbons (Fsp3) is 0.462. The standard InChI is InChI=1S/C13H15ClN2O4/c14-10-4-3-9(7-11(10)16(19)20)12(18)15-13(8-17)5-1-2-6-13/h3-4,7,17H,1-2,5-6,8H2,(H,15,18). The van der Waals surface area contributed by atoms with E-state index in [4.69, 9.17) is 11.6 Å². The summed E-state index contributed by atoms with van der Waals surface area (Å²) in [5.74, 6) is -0.430. The Balaban J connectivity index is 2.21. The van der Waals surface area contributed by atoms with Gasteiger partial charge in [0.2, 0.25) is 0 Å². The number of amides is 1. The molecule has 7 heteroatoms. The number of carbonyl (C=O) groups excluding carboxylic acids is 1. The second-order valence-electron chi connectivity index (χ2n) is 5.02. The van der Waals surface area contributed by atoms with Crippen LogP contribution in [0, 0.1) is 10.1 Å². The van der Waals surface area contributed by atoms with Crippen molar-refractivity contribution in [2.45, 2.75) is 31.2 Å². The Morgan fingerprint density at radius 2 is 2.10 bits per heavy atom. The number of aliphatic hydroxyl groups excluding tert-OH is 1. The molecule has 1 amide bonds. The maximum Gasteiger partial charge on any atom is 0.288 e. The van der Waals surface area contributed by atoms with Crippen LogP contribution in [0.15, 0.2) is 18.2 Å². The topological polar surface area (TPSA) is 92.5 Å². The number of nitrogens with one attached hydrogen (secondary N) is 1. The first kappa shape index (κ1) is 14.7.